The summed E-state index contributed by atoms with van der Waals surface area (Å²) in [5.74, 6) is -1.69. The Morgan fingerprint density at radius 2 is 1.80 bits per heavy atom. The van der Waals surface area contributed by atoms with Gasteiger partial charge in [0.2, 0.25) is 11.7 Å². The molecular formula is C6F3N. The third-order valence-electron chi connectivity index (χ3n) is 0.475. The molecule has 0 spiro atoms. The molecule has 0 bridgehead atoms. The predicted molar refractivity (Wildman–Crippen MR) is 27.3 cm³/mol. The number of rotatable bonds is 0. The Hall–Kier alpha value is -1.64. The van der Waals surface area contributed by atoms with E-state index in [0.717, 1.165) is 6.07 Å². The summed E-state index contributed by atoms with van der Waals surface area (Å²) in [6.45, 7) is 0. The lowest BCUT2D eigenvalue weighted by atomic mass is 10.5. The predicted octanol–water partition coefficient (Wildman–Crippen LogP) is 1.75. The zero-order valence-corrected chi connectivity index (χ0v) is 4.58. The van der Waals surface area contributed by atoms with Gasteiger partial charge >= 0.3 is 0 Å². The van der Waals surface area contributed by atoms with Crippen molar-refractivity contribution in [3.8, 4) is 18.2 Å². The number of nitriles is 1. The van der Waals surface area contributed by atoms with Crippen LogP contribution >= 0.6 is 0 Å². The van der Waals surface area contributed by atoms with Gasteiger partial charge in [-0.25, -0.2) is 0 Å². The number of hydrogen-bond donors (Lipinski definition) is 0. The van der Waals surface area contributed by atoms with E-state index in [9.17, 15) is 13.2 Å². The molecule has 0 saturated heterocycles. The molecule has 0 aliphatic heterocycles. The Labute approximate surface area is 55.1 Å². The molecule has 0 radical (unpaired) electrons. The minimum Gasteiger partial charge on any atom is -0.189 e. The minimum atomic E-state index is -1.47. The van der Waals surface area contributed by atoms with Crippen LogP contribution in [0.1, 0.15) is 0 Å². The quantitative estimate of drug-likeness (QED) is 0.288. The van der Waals surface area contributed by atoms with E-state index in [2.05, 4.69) is 0 Å². The Morgan fingerprint density at radius 1 is 1.20 bits per heavy atom. The maximum absolute atomic E-state index is 11.8. The van der Waals surface area contributed by atoms with Crippen molar-refractivity contribution in [2.45, 2.75) is 0 Å². The molecule has 0 aliphatic carbocycles. The lowest BCUT2D eigenvalue weighted by Gasteiger charge is -1.69. The maximum Gasteiger partial charge on any atom is 0.245 e. The van der Waals surface area contributed by atoms with Crippen LogP contribution in [0, 0.1) is 23.4 Å². The molecule has 50 valence electrons. The van der Waals surface area contributed by atoms with Gasteiger partial charge in [-0.15, -0.1) is 4.39 Å². The Kier molecular flexibility index (Phi) is 3.56. The highest BCUT2D eigenvalue weighted by Gasteiger charge is 1.88. The fraction of sp³-hybridized carbons (Fsp3) is 0. The van der Waals surface area contributed by atoms with E-state index >= 15 is 0 Å². The molecule has 0 aromatic heterocycles. The van der Waals surface area contributed by atoms with Gasteiger partial charge in [0.05, 0.1) is 0 Å². The molecule has 0 N–H and O–H groups in total. The zero-order valence-electron chi connectivity index (χ0n) is 4.58. The van der Waals surface area contributed by atoms with Gasteiger partial charge in [-0.05, 0) is 5.73 Å². The van der Waals surface area contributed by atoms with Gasteiger partial charge in [-0.2, -0.15) is 14.0 Å². The van der Waals surface area contributed by atoms with Gasteiger partial charge < -0.3 is 0 Å². The second-order valence-corrected chi connectivity index (χ2v) is 1.08. The van der Waals surface area contributed by atoms with Gasteiger partial charge in [0.25, 0.3) is 0 Å². The summed E-state index contributed by atoms with van der Waals surface area (Å²) in [5, 5.41) is 7.71. The van der Waals surface area contributed by atoms with Crippen molar-refractivity contribution in [2.75, 3.05) is 0 Å². The fourth-order valence-electron chi connectivity index (χ4n) is 0.197. The monoisotopic (exact) mass is 143 g/mol. The molecule has 0 saturated carbocycles. The van der Waals surface area contributed by atoms with E-state index in [0.29, 0.717) is 6.17 Å². The van der Waals surface area contributed by atoms with Crippen molar-refractivity contribution in [1.82, 2.24) is 0 Å². The Balaban J connectivity index is 4.73. The number of halogens is 3. The molecule has 0 atom stereocenters. The van der Waals surface area contributed by atoms with Crippen LogP contribution in [0.5, 0.6) is 0 Å². The first-order chi connectivity index (χ1) is 4.70. The molecule has 1 nitrogen and oxygen atoms in total. The van der Waals surface area contributed by atoms with Crippen molar-refractivity contribution in [3.05, 3.63) is 17.4 Å². The SMILES string of the molecule is N#CC(F)=C=C(F)C#CF. The van der Waals surface area contributed by atoms with Crippen molar-refractivity contribution in [3.63, 3.8) is 0 Å². The summed E-state index contributed by atoms with van der Waals surface area (Å²) >= 11 is 0. The van der Waals surface area contributed by atoms with Gasteiger partial charge in [-0.3, -0.25) is 0 Å². The molecular weight excluding hydrogens is 143 g/mol. The molecule has 4 heteroatoms. The molecule has 0 aliphatic rings. The van der Waals surface area contributed by atoms with Gasteiger partial charge in [-0.1, -0.05) is 0 Å². The van der Waals surface area contributed by atoms with Crippen LogP contribution in [0.2, 0.25) is 0 Å². The molecule has 0 heterocycles. The smallest absolute Gasteiger partial charge is 0.189 e. The largest absolute Gasteiger partial charge is 0.245 e. The highest BCUT2D eigenvalue weighted by atomic mass is 19.1. The minimum absolute atomic E-state index is 0.683. The zero-order chi connectivity index (χ0) is 7.98. The van der Waals surface area contributed by atoms with Crippen LogP contribution in [0.3, 0.4) is 0 Å². The van der Waals surface area contributed by atoms with Gasteiger partial charge in [0.1, 0.15) is 12.2 Å². The molecule has 0 amide bonds. The summed E-state index contributed by atoms with van der Waals surface area (Å²) in [6, 6.07) is 0.942. The third-order valence-corrected chi connectivity index (χ3v) is 0.475. The van der Waals surface area contributed by atoms with Gasteiger partial charge in [0.15, 0.2) is 0 Å². The van der Waals surface area contributed by atoms with E-state index in [4.69, 9.17) is 5.26 Å². The first-order valence-electron chi connectivity index (χ1n) is 2.04. The molecule has 0 aromatic rings. The first-order valence-corrected chi connectivity index (χ1v) is 2.04. The number of allylic oxidation sites excluding steroid dienone is 1. The second kappa shape index (κ2) is 4.26. The van der Waals surface area contributed by atoms with E-state index in [1.807, 2.05) is 0 Å². The highest BCUT2D eigenvalue weighted by molar-refractivity contribution is 5.23. The van der Waals surface area contributed by atoms with Crippen LogP contribution in [0.25, 0.3) is 0 Å². The average Bonchev–Trinajstić information content (AvgIpc) is 1.88. The van der Waals surface area contributed by atoms with E-state index < -0.39 is 11.7 Å². The Bertz CT molecular complexity index is 280. The lowest BCUT2D eigenvalue weighted by Crippen LogP contribution is -1.62. The van der Waals surface area contributed by atoms with E-state index in [1.165, 1.54) is 11.7 Å². The summed E-state index contributed by atoms with van der Waals surface area (Å²) < 4.78 is 34.4. The van der Waals surface area contributed by atoms with Crippen molar-refractivity contribution in [2.24, 2.45) is 0 Å². The Morgan fingerprint density at radius 3 is 2.20 bits per heavy atom. The van der Waals surface area contributed by atoms with E-state index in [-0.39, 0.29) is 0 Å². The topological polar surface area (TPSA) is 23.8 Å². The van der Waals surface area contributed by atoms with Crippen LogP contribution in [0.4, 0.5) is 13.2 Å². The van der Waals surface area contributed by atoms with Crippen LogP contribution in [-0.4, -0.2) is 0 Å². The summed E-state index contributed by atoms with van der Waals surface area (Å²) in [4.78, 5) is 0. The highest BCUT2D eigenvalue weighted by Crippen LogP contribution is 1.95. The molecule has 0 rings (SSSR count). The molecule has 0 fully saturated rings. The third kappa shape index (κ3) is 3.37. The fourth-order valence-corrected chi connectivity index (χ4v) is 0.197. The standard InChI is InChI=1S/C6F3N/c7-2-1-5(8)3-6(9)4-10. The first kappa shape index (κ1) is 8.36. The maximum atomic E-state index is 11.8. The second-order valence-electron chi connectivity index (χ2n) is 1.08. The molecule has 10 heavy (non-hydrogen) atoms. The summed E-state index contributed by atoms with van der Waals surface area (Å²) in [6.07, 6.45) is 0.683. The molecule has 0 aromatic carbocycles. The number of hydrogen-bond acceptors (Lipinski definition) is 1. The van der Waals surface area contributed by atoms with Crippen molar-refractivity contribution in [1.29, 1.82) is 5.26 Å². The van der Waals surface area contributed by atoms with Gasteiger partial charge in [0, 0.05) is 5.92 Å². The molecule has 0 unspecified atom stereocenters. The summed E-state index contributed by atoms with van der Waals surface area (Å²) in [7, 11) is 0. The van der Waals surface area contributed by atoms with Crippen LogP contribution in [0.15, 0.2) is 17.4 Å². The van der Waals surface area contributed by atoms with Crippen molar-refractivity contribution < 1.29 is 13.2 Å². The van der Waals surface area contributed by atoms with Crippen LogP contribution < -0.4 is 0 Å². The van der Waals surface area contributed by atoms with Crippen LogP contribution in [-0.2, 0) is 0 Å². The normalized spacial score (nSPS) is 6.20. The summed E-state index contributed by atoms with van der Waals surface area (Å²) in [5.41, 5.74) is 1.26. The number of nitrogens with zero attached hydrogens (tertiary/aromatic N) is 1. The van der Waals surface area contributed by atoms with Crippen molar-refractivity contribution >= 4 is 0 Å². The average molecular weight is 143 g/mol. The van der Waals surface area contributed by atoms with E-state index in [1.54, 1.807) is 0 Å². The lowest BCUT2D eigenvalue weighted by molar-refractivity contribution is 0.649.